The van der Waals surface area contributed by atoms with E-state index in [-0.39, 0.29) is 10.5 Å². The van der Waals surface area contributed by atoms with Crippen molar-refractivity contribution >= 4 is 26.5 Å². The van der Waals surface area contributed by atoms with E-state index in [1.807, 2.05) is 6.92 Å². The van der Waals surface area contributed by atoms with Gasteiger partial charge in [-0.1, -0.05) is 38.3 Å². The quantitative estimate of drug-likeness (QED) is 0.364. The van der Waals surface area contributed by atoms with E-state index in [0.29, 0.717) is 44.1 Å². The minimum atomic E-state index is -6.48. The summed E-state index contributed by atoms with van der Waals surface area (Å²) in [5.41, 5.74) is -10.7. The first-order chi connectivity index (χ1) is 13.3. The normalized spacial score (nSPS) is 25.6. The van der Waals surface area contributed by atoms with Gasteiger partial charge in [-0.15, -0.1) is 0 Å². The third kappa shape index (κ3) is 3.81. The molecule has 1 aromatic rings. The highest BCUT2D eigenvalue weighted by atomic mass is 32.3. The zero-order chi connectivity index (χ0) is 21.7. The number of rotatable bonds is 5. The molecule has 2 aliphatic rings. The first-order valence-electron chi connectivity index (χ1n) is 9.10. The van der Waals surface area contributed by atoms with Gasteiger partial charge in [0.2, 0.25) is 0 Å². The average molecular weight is 462 g/mol. The molecule has 1 aromatic carbocycles. The van der Waals surface area contributed by atoms with Gasteiger partial charge in [-0.2, -0.15) is 38.4 Å². The highest BCUT2D eigenvalue weighted by Crippen LogP contribution is 2.80. The molecule has 0 radical (unpaired) electrons. The molecule has 0 amide bonds. The van der Waals surface area contributed by atoms with Crippen LogP contribution in [0.3, 0.4) is 0 Å². The lowest BCUT2D eigenvalue weighted by atomic mass is 10.0. The van der Waals surface area contributed by atoms with Gasteiger partial charge in [-0.25, -0.2) is 0 Å². The zero-order valence-electron chi connectivity index (χ0n) is 15.4. The number of fused-ring (bicyclic) bond motifs is 1. The smallest absolute Gasteiger partial charge is 0.196 e. The molecule has 1 unspecified atom stereocenters. The predicted octanol–water partition coefficient (Wildman–Crippen LogP) is 6.65. The van der Waals surface area contributed by atoms with Crippen LogP contribution in [0.1, 0.15) is 50.2 Å². The number of allylic oxidation sites excluding steroid dienone is 1. The first-order valence-corrected chi connectivity index (χ1v) is 12.1. The highest BCUT2D eigenvalue weighted by Gasteiger charge is 2.65. The van der Waals surface area contributed by atoms with E-state index >= 15 is 0 Å². The molecule has 1 aliphatic heterocycles. The lowest BCUT2D eigenvalue weighted by molar-refractivity contribution is -0.0547. The number of benzene rings is 1. The van der Waals surface area contributed by atoms with Crippen LogP contribution in [-0.4, -0.2) is 19.4 Å². The van der Waals surface area contributed by atoms with Crippen molar-refractivity contribution in [3.8, 4) is 0 Å². The SMILES string of the molecule is CCCc1ccc2c(c1)S(OS(=O)(=O)C(F)(F)F)(C(F)(F)F)C(C1CCCC1)=C2. The molecule has 3 rings (SSSR count). The number of aryl methyl sites for hydroxylation is 1. The van der Waals surface area contributed by atoms with Crippen LogP contribution in [0.25, 0.3) is 6.08 Å². The molecule has 3 nitrogen and oxygen atoms in total. The van der Waals surface area contributed by atoms with Crippen LogP contribution in [0.15, 0.2) is 28.0 Å². The van der Waals surface area contributed by atoms with E-state index < -0.39 is 42.3 Å². The predicted molar refractivity (Wildman–Crippen MR) is 98.3 cm³/mol. The van der Waals surface area contributed by atoms with Crippen molar-refractivity contribution in [1.29, 1.82) is 0 Å². The maximum Gasteiger partial charge on any atom is 0.523 e. The van der Waals surface area contributed by atoms with Gasteiger partial charge < -0.3 is 0 Å². The summed E-state index contributed by atoms with van der Waals surface area (Å²) in [5, 5.41) is 0. The molecule has 0 aromatic heterocycles. The Bertz CT molecular complexity index is 915. The van der Waals surface area contributed by atoms with E-state index in [1.165, 1.54) is 12.1 Å². The largest absolute Gasteiger partial charge is 0.523 e. The van der Waals surface area contributed by atoms with Crippen LogP contribution >= 0.6 is 10.3 Å². The van der Waals surface area contributed by atoms with Crippen molar-refractivity contribution < 1.29 is 38.4 Å². The fourth-order valence-corrected chi connectivity index (χ4v) is 8.71. The van der Waals surface area contributed by atoms with Crippen LogP contribution in [0.4, 0.5) is 26.3 Å². The maximum absolute atomic E-state index is 14.5. The van der Waals surface area contributed by atoms with E-state index in [2.05, 4.69) is 3.63 Å². The minimum absolute atomic E-state index is 0.0662. The van der Waals surface area contributed by atoms with Crippen LogP contribution in [0, 0.1) is 5.92 Å². The Kier molecular flexibility index (Phi) is 5.81. The van der Waals surface area contributed by atoms with E-state index in [0.717, 1.165) is 6.07 Å². The van der Waals surface area contributed by atoms with Crippen LogP contribution in [0.5, 0.6) is 0 Å². The van der Waals surface area contributed by atoms with Gasteiger partial charge in [-0.05, 0) is 48.4 Å². The van der Waals surface area contributed by atoms with E-state index in [9.17, 15) is 34.8 Å². The third-order valence-corrected chi connectivity index (χ3v) is 9.95. The fraction of sp³-hybridized carbons (Fsp3) is 0.556. The van der Waals surface area contributed by atoms with Crippen LogP contribution < -0.4 is 0 Å². The molecule has 1 aliphatic carbocycles. The van der Waals surface area contributed by atoms with Gasteiger partial charge in [0.15, 0.2) is 0 Å². The molecular weight excluding hydrogens is 442 g/mol. The van der Waals surface area contributed by atoms with Crippen molar-refractivity contribution in [3.05, 3.63) is 34.2 Å². The lowest BCUT2D eigenvalue weighted by Crippen LogP contribution is -2.33. The summed E-state index contributed by atoms with van der Waals surface area (Å²) in [7, 11) is -11.4. The van der Waals surface area contributed by atoms with Crippen LogP contribution in [-0.2, 0) is 20.2 Å². The van der Waals surface area contributed by atoms with Gasteiger partial charge in [0.1, 0.15) is 0 Å². The molecular formula is C18H20F6O3S2. The van der Waals surface area contributed by atoms with Crippen molar-refractivity contribution in [1.82, 2.24) is 0 Å². The molecule has 0 N–H and O–H groups in total. The van der Waals surface area contributed by atoms with Gasteiger partial charge in [0.05, 0.1) is 0 Å². The highest BCUT2D eigenvalue weighted by molar-refractivity contribution is 8.37. The Hall–Kier alpha value is -1.20. The third-order valence-electron chi connectivity index (χ3n) is 5.11. The number of halogens is 6. The molecule has 29 heavy (non-hydrogen) atoms. The van der Waals surface area contributed by atoms with Crippen molar-refractivity contribution in [2.45, 2.75) is 61.4 Å². The second-order valence-corrected chi connectivity index (χ2v) is 11.5. The van der Waals surface area contributed by atoms with Gasteiger partial charge in [0.25, 0.3) is 0 Å². The minimum Gasteiger partial charge on any atom is -0.196 e. The summed E-state index contributed by atoms with van der Waals surface area (Å²) in [6.07, 6.45) is 4.15. The Morgan fingerprint density at radius 3 is 2.24 bits per heavy atom. The first kappa shape index (κ1) is 22.5. The summed E-state index contributed by atoms with van der Waals surface area (Å²) in [6, 6.07) is 4.17. The molecule has 164 valence electrons. The fourth-order valence-electron chi connectivity index (χ4n) is 3.86. The second kappa shape index (κ2) is 7.49. The van der Waals surface area contributed by atoms with Crippen molar-refractivity contribution in [2.75, 3.05) is 0 Å². The van der Waals surface area contributed by atoms with Crippen LogP contribution in [0.2, 0.25) is 0 Å². The monoisotopic (exact) mass is 462 g/mol. The molecule has 0 bridgehead atoms. The molecule has 0 spiro atoms. The summed E-state index contributed by atoms with van der Waals surface area (Å²) < 4.78 is 110. The van der Waals surface area contributed by atoms with E-state index in [4.69, 9.17) is 0 Å². The summed E-state index contributed by atoms with van der Waals surface area (Å²) in [6.45, 7) is 1.81. The average Bonchev–Trinajstić information content (AvgIpc) is 3.20. The van der Waals surface area contributed by atoms with Crippen molar-refractivity contribution in [2.24, 2.45) is 5.92 Å². The van der Waals surface area contributed by atoms with Gasteiger partial charge >= 0.3 is 21.1 Å². The number of hydrogen-bond donors (Lipinski definition) is 0. The standard InChI is InChI=1S/C18H20F6O3S2/c1-2-5-12-8-9-14-11-16(13-6-3-4-7-13)28(15(14)10-12,17(19,20)21)27-29(25,26)18(22,23)24/h8-11,13H,2-7H2,1H3. The summed E-state index contributed by atoms with van der Waals surface area (Å²) in [5.74, 6) is -0.669. The Morgan fingerprint density at radius 2 is 1.72 bits per heavy atom. The molecule has 1 heterocycles. The molecule has 11 heteroatoms. The Morgan fingerprint density at radius 1 is 1.10 bits per heavy atom. The Labute approximate surface area is 166 Å². The second-order valence-electron chi connectivity index (χ2n) is 7.12. The maximum atomic E-state index is 14.5. The summed E-state index contributed by atoms with van der Waals surface area (Å²) >= 11 is 0. The molecule has 1 saturated carbocycles. The topological polar surface area (TPSA) is 43.4 Å². The van der Waals surface area contributed by atoms with E-state index in [1.54, 1.807) is 6.07 Å². The Balaban J connectivity index is 2.27. The van der Waals surface area contributed by atoms with Crippen molar-refractivity contribution in [3.63, 3.8) is 0 Å². The zero-order valence-corrected chi connectivity index (χ0v) is 17.1. The van der Waals surface area contributed by atoms with Gasteiger partial charge in [-0.3, -0.25) is 0 Å². The molecule has 0 saturated heterocycles. The van der Waals surface area contributed by atoms with Gasteiger partial charge in [0, 0.05) is 20.1 Å². The molecule has 1 atom stereocenters. The number of hydrogen-bond acceptors (Lipinski definition) is 3. The number of alkyl halides is 6. The summed E-state index contributed by atoms with van der Waals surface area (Å²) in [4.78, 5) is -0.885. The molecule has 1 fully saturated rings. The lowest BCUT2D eigenvalue weighted by Gasteiger charge is -2.41.